The largest absolute Gasteiger partial charge is 0.510 e. The highest BCUT2D eigenvalue weighted by atomic mass is 16.3. The van der Waals surface area contributed by atoms with Crippen LogP contribution in [0.1, 0.15) is 69.7 Å². The number of phenolic OH excluding ortho intramolecular Hbond substituents is 2. The van der Waals surface area contributed by atoms with Gasteiger partial charge in [0.2, 0.25) is 5.91 Å². The van der Waals surface area contributed by atoms with Crippen molar-refractivity contribution >= 4 is 69.4 Å². The molecule has 0 spiro atoms. The summed E-state index contributed by atoms with van der Waals surface area (Å²) in [6, 6.07) is 3.08. The summed E-state index contributed by atoms with van der Waals surface area (Å²) in [5, 5.41) is 72.8. The summed E-state index contributed by atoms with van der Waals surface area (Å²) in [4.78, 5) is 98.7. The molecular formula is C54H70N8O13. The highest BCUT2D eigenvalue weighted by molar-refractivity contribution is 6.25. The SMILES string of the molecule is CN(C)c1cc(NC(=O)CNC(C)(C)C)c(O)c2c1C[C@H]1C[C@H]3[C@H](N(C)C)C(=O)C(C(N)=O)=C(O)[C@@]3(C)C(=O)C1=C2O.CN(C)c1ccc(O)c2c1C[C@H]1C[C@H]3[C@H](N(C)C)C(=O)C(C(N)=O)=C(O)[C@@]3(C)C(=O)C1=C2O. The summed E-state index contributed by atoms with van der Waals surface area (Å²) in [6.07, 6.45) is 1.16. The number of amides is 3. The van der Waals surface area contributed by atoms with Gasteiger partial charge in [-0.15, -0.1) is 0 Å². The lowest BCUT2D eigenvalue weighted by Gasteiger charge is -2.51. The van der Waals surface area contributed by atoms with Crippen molar-refractivity contribution in [1.29, 1.82) is 0 Å². The van der Waals surface area contributed by atoms with Gasteiger partial charge < -0.3 is 62.5 Å². The molecular weight excluding hydrogens is 969 g/mol. The van der Waals surface area contributed by atoms with Gasteiger partial charge in [0.1, 0.15) is 45.7 Å². The van der Waals surface area contributed by atoms with Crippen LogP contribution in [0.2, 0.25) is 0 Å². The molecule has 404 valence electrons. The van der Waals surface area contributed by atoms with Crippen molar-refractivity contribution in [1.82, 2.24) is 15.1 Å². The molecule has 8 atom stereocenters. The second kappa shape index (κ2) is 19.2. The molecule has 21 nitrogen and oxygen atoms in total. The number of carbonyl (C=O) groups is 7. The fourth-order valence-corrected chi connectivity index (χ4v) is 12.6. The highest BCUT2D eigenvalue weighted by Gasteiger charge is 2.64. The van der Waals surface area contributed by atoms with Crippen LogP contribution in [0.3, 0.4) is 0 Å². The second-order valence-corrected chi connectivity index (χ2v) is 22.8. The average molecular weight is 1040 g/mol. The average Bonchev–Trinajstić information content (AvgIpc) is 3.28. The van der Waals surface area contributed by atoms with Gasteiger partial charge in [-0.3, -0.25) is 43.4 Å². The molecule has 3 amide bonds. The Kier molecular flexibility index (Phi) is 14.2. The first-order valence-corrected chi connectivity index (χ1v) is 24.6. The van der Waals surface area contributed by atoms with E-state index < -0.39 is 122 Å². The van der Waals surface area contributed by atoms with Crippen molar-refractivity contribution < 1.29 is 64.2 Å². The molecule has 2 aromatic rings. The fraction of sp³-hybridized carbons (Fsp3) is 0.500. The predicted octanol–water partition coefficient (Wildman–Crippen LogP) is 2.94. The third-order valence-electron chi connectivity index (χ3n) is 16.2. The van der Waals surface area contributed by atoms with E-state index in [-0.39, 0.29) is 64.4 Å². The first kappa shape index (κ1) is 55.5. The molecule has 2 aromatic carbocycles. The number of aromatic hydroxyl groups is 2. The van der Waals surface area contributed by atoms with E-state index in [2.05, 4.69) is 10.6 Å². The molecule has 2 saturated carbocycles. The van der Waals surface area contributed by atoms with Crippen LogP contribution in [0, 0.1) is 34.5 Å². The fourth-order valence-electron chi connectivity index (χ4n) is 12.6. The number of rotatable bonds is 9. The number of fused-ring (bicyclic) bond motifs is 6. The Balaban J connectivity index is 0.000000225. The van der Waals surface area contributed by atoms with Gasteiger partial charge in [-0.1, -0.05) is 0 Å². The van der Waals surface area contributed by atoms with Gasteiger partial charge in [-0.2, -0.15) is 0 Å². The number of Topliss-reactive ketones (excluding diaryl/α,β-unsaturated/α-hetero) is 4. The number of benzene rings is 2. The van der Waals surface area contributed by atoms with Gasteiger partial charge >= 0.3 is 0 Å². The molecule has 75 heavy (non-hydrogen) atoms. The Labute approximate surface area is 435 Å². The van der Waals surface area contributed by atoms with Crippen LogP contribution in [-0.4, -0.2) is 162 Å². The van der Waals surface area contributed by atoms with E-state index in [9.17, 15) is 64.2 Å². The summed E-state index contributed by atoms with van der Waals surface area (Å²) < 4.78 is 0. The number of phenols is 2. The van der Waals surface area contributed by atoms with Crippen molar-refractivity contribution in [3.63, 3.8) is 0 Å². The molecule has 0 unspecified atom stereocenters. The van der Waals surface area contributed by atoms with Crippen LogP contribution < -0.4 is 31.9 Å². The van der Waals surface area contributed by atoms with E-state index in [4.69, 9.17) is 11.5 Å². The maximum Gasteiger partial charge on any atom is 0.255 e. The number of aliphatic hydroxyl groups is 4. The molecule has 12 N–H and O–H groups in total. The molecule has 6 aliphatic carbocycles. The smallest absolute Gasteiger partial charge is 0.255 e. The van der Waals surface area contributed by atoms with Crippen LogP contribution in [0.5, 0.6) is 11.5 Å². The molecule has 0 radical (unpaired) electrons. The van der Waals surface area contributed by atoms with Crippen molar-refractivity contribution in [2.75, 3.05) is 78.0 Å². The molecule has 0 aliphatic heterocycles. The number of carbonyl (C=O) groups excluding carboxylic acids is 7. The molecule has 0 aromatic heterocycles. The van der Waals surface area contributed by atoms with Crippen LogP contribution in [0.15, 0.2) is 52.0 Å². The van der Waals surface area contributed by atoms with Crippen molar-refractivity contribution in [3.8, 4) is 11.5 Å². The van der Waals surface area contributed by atoms with Crippen LogP contribution in [0.4, 0.5) is 17.1 Å². The van der Waals surface area contributed by atoms with E-state index in [0.29, 0.717) is 29.7 Å². The Morgan fingerprint density at radius 1 is 0.653 bits per heavy atom. The van der Waals surface area contributed by atoms with Crippen LogP contribution >= 0.6 is 0 Å². The molecule has 6 aliphatic rings. The molecule has 8 rings (SSSR count). The standard InChI is InChI=1S/C30H41N5O7.C24H29N3O6/c1-29(2,3)32-12-18(36)33-16-11-17(34(5)6)14-9-13-10-15-22(35(7)8)25(39)21(28(31)42)27(41)30(15,4)26(40)19(13)24(38)20(14)23(16)37;1-24-12(18(27(4)5)20(30)17(22(24)32)23(25)33)9-10-8-11-13(26(2)3)6-7-14(28)16(11)19(29)15(10)21(24)31/h11,13,15,22,32,37-38,41H,9-10,12H2,1-8H3,(H2,31,42)(H,33,36);6-7,10,12,18,28-29,32H,8-9H2,1-5H3,(H2,25,33)/t13-,15-,22-,30+;10-,12-,18-,24+/m00/s1. The van der Waals surface area contributed by atoms with E-state index >= 15 is 0 Å². The number of hydrogen-bond acceptors (Lipinski definition) is 18. The van der Waals surface area contributed by atoms with Crippen LogP contribution in [0.25, 0.3) is 11.5 Å². The van der Waals surface area contributed by atoms with Gasteiger partial charge in [0.15, 0.2) is 23.1 Å². The van der Waals surface area contributed by atoms with Gasteiger partial charge in [0.05, 0.1) is 46.3 Å². The van der Waals surface area contributed by atoms with E-state index in [1.165, 1.54) is 19.9 Å². The number of anilines is 3. The molecule has 0 heterocycles. The predicted molar refractivity (Wildman–Crippen MR) is 280 cm³/mol. The monoisotopic (exact) mass is 1040 g/mol. The first-order chi connectivity index (χ1) is 34.7. The molecule has 2 fully saturated rings. The first-order valence-electron chi connectivity index (χ1n) is 24.6. The Hall–Kier alpha value is -7.23. The summed E-state index contributed by atoms with van der Waals surface area (Å²) in [6.45, 7) is 8.66. The van der Waals surface area contributed by atoms with Crippen molar-refractivity contribution in [2.45, 2.75) is 77.9 Å². The minimum Gasteiger partial charge on any atom is -0.510 e. The topological polar surface area (TPSA) is 330 Å². The number of likely N-dealkylation sites (N-methyl/N-ethyl adjacent to an activating group) is 2. The number of nitrogens with one attached hydrogen (secondary N) is 2. The molecule has 0 bridgehead atoms. The highest BCUT2D eigenvalue weighted by Crippen LogP contribution is 2.59. The van der Waals surface area contributed by atoms with E-state index in [1.54, 1.807) is 69.1 Å². The Morgan fingerprint density at radius 2 is 1.07 bits per heavy atom. The lowest BCUT2D eigenvalue weighted by molar-refractivity contribution is -0.141. The van der Waals surface area contributed by atoms with Crippen molar-refractivity contribution in [3.05, 3.63) is 74.3 Å². The quantitative estimate of drug-likeness (QED) is 0.127. The normalized spacial score (nSPS) is 27.2. The summed E-state index contributed by atoms with van der Waals surface area (Å²) >= 11 is 0. The third-order valence-corrected chi connectivity index (χ3v) is 16.2. The number of primary amides is 2. The zero-order valence-electron chi connectivity index (χ0n) is 44.7. The Morgan fingerprint density at radius 3 is 1.45 bits per heavy atom. The van der Waals surface area contributed by atoms with Gasteiger partial charge in [-0.25, -0.2) is 0 Å². The molecule has 0 saturated heterocycles. The van der Waals surface area contributed by atoms with Crippen LogP contribution in [-0.2, 0) is 46.4 Å². The summed E-state index contributed by atoms with van der Waals surface area (Å²) in [5.74, 6) is -10.2. The number of hydrogen-bond donors (Lipinski definition) is 10. The van der Waals surface area contributed by atoms with Crippen molar-refractivity contribution in [2.24, 2.45) is 46.0 Å². The maximum absolute atomic E-state index is 14.3. The zero-order chi connectivity index (χ0) is 56.2. The summed E-state index contributed by atoms with van der Waals surface area (Å²) in [7, 11) is 13.9. The lowest BCUT2D eigenvalue weighted by Crippen LogP contribution is -2.60. The second-order valence-electron chi connectivity index (χ2n) is 22.8. The summed E-state index contributed by atoms with van der Waals surface area (Å²) in [5.41, 5.74) is 9.08. The number of ketones is 4. The number of nitrogens with zero attached hydrogens (tertiary/aromatic N) is 4. The van der Waals surface area contributed by atoms with Gasteiger partial charge in [0.25, 0.3) is 11.8 Å². The minimum absolute atomic E-state index is 0.0107. The Bertz CT molecular complexity index is 3010. The van der Waals surface area contributed by atoms with E-state index in [0.717, 1.165) is 5.69 Å². The van der Waals surface area contributed by atoms with E-state index in [1.807, 2.05) is 39.8 Å². The maximum atomic E-state index is 14.3. The number of nitrogens with two attached hydrogens (primary N) is 2. The minimum atomic E-state index is -1.73. The molecule has 21 heteroatoms. The van der Waals surface area contributed by atoms with Gasteiger partial charge in [0, 0.05) is 68.1 Å². The number of aliphatic hydroxyl groups excluding tert-OH is 4. The zero-order valence-corrected chi connectivity index (χ0v) is 44.7. The number of allylic oxidation sites excluding steroid dienone is 4. The third kappa shape index (κ3) is 8.67. The lowest BCUT2D eigenvalue weighted by atomic mass is 9.53. The van der Waals surface area contributed by atoms with Gasteiger partial charge in [-0.05, 0) is 130 Å².